The van der Waals surface area contributed by atoms with Crippen LogP contribution in [0.25, 0.3) is 0 Å². The molecule has 2 aliphatic heterocycles. The fourth-order valence-corrected chi connectivity index (χ4v) is 10.00. The number of rotatable bonds is 14. The summed E-state index contributed by atoms with van der Waals surface area (Å²) in [5, 5.41) is 19.6. The molecule has 0 radical (unpaired) electrons. The molecule has 2 aliphatic carbocycles. The van der Waals surface area contributed by atoms with Gasteiger partial charge in [0.15, 0.2) is 5.78 Å². The molecule has 0 bridgehead atoms. The van der Waals surface area contributed by atoms with Crippen molar-refractivity contribution in [3.8, 4) is 11.5 Å². The lowest BCUT2D eigenvalue weighted by atomic mass is 9.61. The van der Waals surface area contributed by atoms with E-state index in [0.717, 1.165) is 133 Å². The molecule has 4 aromatic carbocycles. The Labute approximate surface area is 394 Å². The number of halogens is 8. The van der Waals surface area contributed by atoms with Crippen LogP contribution in [0.2, 0.25) is 10.0 Å². The zero-order valence-corrected chi connectivity index (χ0v) is 38.7. The molecule has 2 heterocycles. The number of carbonyl (C=O) groups is 1. The third-order valence-corrected chi connectivity index (χ3v) is 14.3. The second-order valence-corrected chi connectivity index (χ2v) is 18.9. The number of ketones is 1. The molecule has 0 spiro atoms. The first-order valence-corrected chi connectivity index (χ1v) is 23.5. The van der Waals surface area contributed by atoms with Gasteiger partial charge in [0.05, 0.1) is 42.4 Å². The van der Waals surface area contributed by atoms with Crippen molar-refractivity contribution in [3.05, 3.63) is 129 Å². The Morgan fingerprint density at radius 1 is 0.636 bits per heavy atom. The Morgan fingerprint density at radius 2 is 1.06 bits per heavy atom. The van der Waals surface area contributed by atoms with E-state index in [9.17, 15) is 36.2 Å². The molecule has 4 fully saturated rings. The number of benzene rings is 4. The molecule has 2 saturated carbocycles. The lowest BCUT2D eigenvalue weighted by Crippen LogP contribution is -2.52. The standard InChI is InChI=1S/C25H29ClF3NO2.C25H27ClF3NO2.CH4O/c2*26-21-8-4-19(5-9-21)24(12-2-13-24)23(31)16-30-14-1-3-18(15-30)17-32-22-10-6-20(7-11-22)25(27,28)29;1-2/h4-11,18,23,31H,1-3,12-17H2;4-11,18H,1-3,12-17H2;2H,1H3. The van der Waals surface area contributed by atoms with E-state index in [4.69, 9.17) is 37.8 Å². The molecule has 3 unspecified atom stereocenters. The van der Waals surface area contributed by atoms with Gasteiger partial charge in [0, 0.05) is 54.0 Å². The average molecular weight is 966 g/mol. The molecule has 7 nitrogen and oxygen atoms in total. The number of β-amino-alcohol motifs (C(OH)–C–C–N with tert-alkyl or cyclic N) is 1. The Morgan fingerprint density at radius 3 is 1.47 bits per heavy atom. The number of hydrogen-bond donors (Lipinski definition) is 2. The number of Topliss-reactive ketones (excluding diaryl/α,β-unsaturated/α-hetero) is 1. The molecule has 66 heavy (non-hydrogen) atoms. The third kappa shape index (κ3) is 13.2. The highest BCUT2D eigenvalue weighted by Gasteiger charge is 2.47. The van der Waals surface area contributed by atoms with Crippen molar-refractivity contribution in [1.29, 1.82) is 0 Å². The first-order valence-electron chi connectivity index (χ1n) is 22.8. The van der Waals surface area contributed by atoms with Gasteiger partial charge in [0.2, 0.25) is 0 Å². The SMILES string of the molecule is CO.O=C(CN1CCCC(COc2ccc(C(F)(F)F)cc2)C1)C1(c2ccc(Cl)cc2)CCC1.OC(CN1CCCC(COc2ccc(C(F)(F)F)cc2)C1)C1(c2ccc(Cl)cc2)CCC1. The van der Waals surface area contributed by atoms with E-state index in [0.29, 0.717) is 47.8 Å². The summed E-state index contributed by atoms with van der Waals surface area (Å²) in [5.41, 5.74) is 0.256. The summed E-state index contributed by atoms with van der Waals surface area (Å²) in [5.74, 6) is 1.67. The highest BCUT2D eigenvalue weighted by molar-refractivity contribution is 6.30. The van der Waals surface area contributed by atoms with E-state index in [1.807, 2.05) is 48.5 Å². The van der Waals surface area contributed by atoms with Crippen molar-refractivity contribution in [3.63, 3.8) is 0 Å². The molecule has 2 saturated heterocycles. The molecule has 8 rings (SSSR count). The second-order valence-electron chi connectivity index (χ2n) is 18.1. The zero-order valence-electron chi connectivity index (χ0n) is 37.2. The Bertz CT molecular complexity index is 2110. The fourth-order valence-electron chi connectivity index (χ4n) is 9.75. The van der Waals surface area contributed by atoms with E-state index in [-0.39, 0.29) is 23.0 Å². The largest absolute Gasteiger partial charge is 0.493 e. The number of likely N-dealkylation sites (tertiary alicyclic amines) is 2. The van der Waals surface area contributed by atoms with Gasteiger partial charge in [0.1, 0.15) is 11.5 Å². The van der Waals surface area contributed by atoms with Crippen molar-refractivity contribution in [2.45, 2.75) is 93.5 Å². The lowest BCUT2D eigenvalue weighted by Gasteiger charge is -2.48. The molecule has 4 aromatic rings. The summed E-state index contributed by atoms with van der Waals surface area (Å²) in [6.45, 7) is 5.29. The molecular weight excluding hydrogens is 905 g/mol. The van der Waals surface area contributed by atoms with Crippen molar-refractivity contribution < 1.29 is 50.8 Å². The summed E-state index contributed by atoms with van der Waals surface area (Å²) >= 11 is 12.1. The molecular formula is C51H60Cl2F6N2O5. The summed E-state index contributed by atoms with van der Waals surface area (Å²) < 4.78 is 87.8. The van der Waals surface area contributed by atoms with Crippen molar-refractivity contribution in [2.75, 3.05) is 59.6 Å². The molecule has 360 valence electrons. The van der Waals surface area contributed by atoms with Gasteiger partial charge in [-0.15, -0.1) is 0 Å². The van der Waals surface area contributed by atoms with Crippen LogP contribution in [0.5, 0.6) is 11.5 Å². The maximum atomic E-state index is 13.3. The normalized spacial score (nSPS) is 21.1. The van der Waals surface area contributed by atoms with Gasteiger partial charge in [-0.05, 0) is 148 Å². The van der Waals surface area contributed by atoms with Gasteiger partial charge < -0.3 is 24.6 Å². The van der Waals surface area contributed by atoms with E-state index < -0.39 is 35.0 Å². The Kier molecular flexibility index (Phi) is 17.9. The first-order chi connectivity index (χ1) is 31.5. The number of aliphatic hydroxyl groups is 2. The number of piperidine rings is 2. The maximum Gasteiger partial charge on any atom is 0.416 e. The highest BCUT2D eigenvalue weighted by Crippen LogP contribution is 2.48. The monoisotopic (exact) mass is 964 g/mol. The second kappa shape index (κ2) is 23.0. The van der Waals surface area contributed by atoms with Gasteiger partial charge in [-0.25, -0.2) is 0 Å². The van der Waals surface area contributed by atoms with E-state index in [1.165, 1.54) is 24.3 Å². The predicted molar refractivity (Wildman–Crippen MR) is 245 cm³/mol. The average Bonchev–Trinajstić information content (AvgIpc) is 3.26. The van der Waals surface area contributed by atoms with Crippen molar-refractivity contribution >= 4 is 29.0 Å². The van der Waals surface area contributed by atoms with Crippen LogP contribution in [0.15, 0.2) is 97.1 Å². The Hall–Kier alpha value is -3.85. The lowest BCUT2D eigenvalue weighted by molar-refractivity contribution is -0.138. The molecule has 2 N–H and O–H groups in total. The quantitative estimate of drug-likeness (QED) is 0.122. The van der Waals surface area contributed by atoms with Crippen LogP contribution in [0.1, 0.15) is 86.5 Å². The van der Waals surface area contributed by atoms with Crippen LogP contribution in [-0.2, 0) is 28.0 Å². The topological polar surface area (TPSA) is 82.5 Å². The van der Waals surface area contributed by atoms with Gasteiger partial charge in [-0.1, -0.05) is 60.3 Å². The number of aliphatic hydroxyl groups excluding tert-OH is 2. The van der Waals surface area contributed by atoms with Crippen LogP contribution in [0.4, 0.5) is 26.3 Å². The predicted octanol–water partition coefficient (Wildman–Crippen LogP) is 11.7. The van der Waals surface area contributed by atoms with Crippen LogP contribution in [0.3, 0.4) is 0 Å². The molecule has 0 aromatic heterocycles. The van der Waals surface area contributed by atoms with Crippen molar-refractivity contribution in [1.82, 2.24) is 9.80 Å². The van der Waals surface area contributed by atoms with Gasteiger partial charge in [-0.2, -0.15) is 26.3 Å². The molecule has 3 atom stereocenters. The number of nitrogens with zero attached hydrogens (tertiary/aromatic N) is 2. The van der Waals surface area contributed by atoms with Crippen LogP contribution >= 0.6 is 23.2 Å². The maximum absolute atomic E-state index is 13.3. The van der Waals surface area contributed by atoms with Crippen LogP contribution in [0, 0.1) is 11.8 Å². The minimum absolute atomic E-state index is 0.200. The number of hydrogen-bond acceptors (Lipinski definition) is 7. The summed E-state index contributed by atoms with van der Waals surface area (Å²) in [4.78, 5) is 17.8. The highest BCUT2D eigenvalue weighted by atomic mass is 35.5. The smallest absolute Gasteiger partial charge is 0.416 e. The van der Waals surface area contributed by atoms with E-state index in [2.05, 4.69) is 9.80 Å². The fraction of sp³-hybridized carbons (Fsp3) is 0.510. The van der Waals surface area contributed by atoms with Crippen LogP contribution < -0.4 is 9.47 Å². The minimum Gasteiger partial charge on any atom is -0.493 e. The van der Waals surface area contributed by atoms with Gasteiger partial charge in [0.25, 0.3) is 0 Å². The van der Waals surface area contributed by atoms with Crippen molar-refractivity contribution in [2.24, 2.45) is 11.8 Å². The summed E-state index contributed by atoms with van der Waals surface area (Å²) in [6, 6.07) is 25.1. The van der Waals surface area contributed by atoms with Gasteiger partial charge in [-0.3, -0.25) is 9.69 Å². The summed E-state index contributed by atoms with van der Waals surface area (Å²) in [6.07, 6.45) is 0.713. The van der Waals surface area contributed by atoms with Crippen LogP contribution in [-0.4, -0.2) is 91.5 Å². The summed E-state index contributed by atoms with van der Waals surface area (Å²) in [7, 11) is 1.00. The Balaban J connectivity index is 0.000000210. The number of alkyl halides is 6. The third-order valence-electron chi connectivity index (χ3n) is 13.8. The first kappa shape index (κ1) is 51.5. The molecule has 0 amide bonds. The number of ether oxygens (including phenoxy) is 2. The minimum atomic E-state index is -4.35. The zero-order chi connectivity index (χ0) is 47.5. The number of carbonyl (C=O) groups excluding carboxylic acids is 1. The van der Waals surface area contributed by atoms with E-state index in [1.54, 1.807) is 0 Å². The molecule has 15 heteroatoms. The van der Waals surface area contributed by atoms with E-state index >= 15 is 0 Å². The molecule has 4 aliphatic rings. The van der Waals surface area contributed by atoms with Gasteiger partial charge >= 0.3 is 12.4 Å².